The van der Waals surface area contributed by atoms with Gasteiger partial charge in [-0.2, -0.15) is 13.2 Å². The van der Waals surface area contributed by atoms with E-state index in [0.29, 0.717) is 18.0 Å². The van der Waals surface area contributed by atoms with Crippen LogP contribution in [0.3, 0.4) is 0 Å². The minimum Gasteiger partial charge on any atom is -0.494 e. The number of hydrogen-bond donors (Lipinski definition) is 1. The maximum atomic E-state index is 13.1. The van der Waals surface area contributed by atoms with Gasteiger partial charge in [0.05, 0.1) is 18.2 Å². The summed E-state index contributed by atoms with van der Waals surface area (Å²) in [5.41, 5.74) is 0.0450. The number of nitrogens with zero attached hydrogens (tertiary/aromatic N) is 1. The Kier molecular flexibility index (Phi) is 6.85. The fraction of sp³-hybridized carbons (Fsp3) is 0.350. The predicted molar refractivity (Wildman–Crippen MR) is 98.6 cm³/mol. The number of nitrogens with one attached hydrogen (secondary N) is 1. The summed E-state index contributed by atoms with van der Waals surface area (Å²) in [6.07, 6.45) is -4.43. The van der Waals surface area contributed by atoms with Crippen LogP contribution in [-0.4, -0.2) is 30.5 Å². The highest BCUT2D eigenvalue weighted by atomic mass is 19.4. The van der Waals surface area contributed by atoms with Crippen molar-refractivity contribution in [2.75, 3.05) is 19.0 Å². The van der Waals surface area contributed by atoms with Crippen LogP contribution >= 0.6 is 0 Å². The average molecular weight is 380 g/mol. The third kappa shape index (κ3) is 5.72. The number of hydrogen-bond acceptors (Lipinski definition) is 3. The number of halogens is 3. The quantitative estimate of drug-likeness (QED) is 0.765. The summed E-state index contributed by atoms with van der Waals surface area (Å²) in [5, 5.41) is 2.76. The number of carbonyl (C=O) groups is 1. The van der Waals surface area contributed by atoms with Crippen LogP contribution in [0.25, 0.3) is 0 Å². The standard InChI is InChI=1S/C20H23F3N2O2/c1-4-27-17-11-9-16(10-12-17)24-19(26)14(2)25(3)13-15-7-5-6-8-18(15)20(21,22)23/h5-12,14H,4,13H2,1-3H3,(H,24,26). The van der Waals surface area contributed by atoms with Gasteiger partial charge in [0.15, 0.2) is 0 Å². The Labute approximate surface area is 156 Å². The van der Waals surface area contributed by atoms with Gasteiger partial charge in [-0.15, -0.1) is 0 Å². The Bertz CT molecular complexity index is 761. The van der Waals surface area contributed by atoms with Gasteiger partial charge in [0.25, 0.3) is 0 Å². The predicted octanol–water partition coefficient (Wildman–Crippen LogP) is 4.56. The number of ether oxygens (including phenoxy) is 1. The van der Waals surface area contributed by atoms with E-state index in [1.807, 2.05) is 6.92 Å². The molecule has 7 heteroatoms. The second-order valence-electron chi connectivity index (χ2n) is 6.19. The molecular weight excluding hydrogens is 357 g/mol. The largest absolute Gasteiger partial charge is 0.494 e. The number of likely N-dealkylation sites (N-methyl/N-ethyl adjacent to an activating group) is 1. The molecule has 0 aliphatic rings. The van der Waals surface area contributed by atoms with E-state index in [0.717, 1.165) is 6.07 Å². The monoisotopic (exact) mass is 380 g/mol. The van der Waals surface area contributed by atoms with Gasteiger partial charge in [0.1, 0.15) is 5.75 Å². The molecule has 0 saturated carbocycles. The molecule has 0 aliphatic heterocycles. The first-order chi connectivity index (χ1) is 12.7. The van der Waals surface area contributed by atoms with Crippen LogP contribution in [0.1, 0.15) is 25.0 Å². The van der Waals surface area contributed by atoms with Crippen molar-refractivity contribution in [1.82, 2.24) is 4.90 Å². The first kappa shape index (κ1) is 20.8. The van der Waals surface area contributed by atoms with Gasteiger partial charge in [-0.3, -0.25) is 9.69 Å². The van der Waals surface area contributed by atoms with Gasteiger partial charge < -0.3 is 10.1 Å². The van der Waals surface area contributed by atoms with E-state index in [9.17, 15) is 18.0 Å². The van der Waals surface area contributed by atoms with Crippen molar-refractivity contribution in [3.8, 4) is 5.75 Å². The Morgan fingerprint density at radius 2 is 1.78 bits per heavy atom. The third-order valence-electron chi connectivity index (χ3n) is 4.22. The van der Waals surface area contributed by atoms with Gasteiger partial charge >= 0.3 is 6.18 Å². The second-order valence-corrected chi connectivity index (χ2v) is 6.19. The molecule has 1 unspecified atom stereocenters. The molecule has 1 amide bonds. The molecule has 0 aromatic heterocycles. The highest BCUT2D eigenvalue weighted by Gasteiger charge is 2.33. The molecule has 0 radical (unpaired) electrons. The molecule has 0 aliphatic carbocycles. The van der Waals surface area contributed by atoms with Crippen molar-refractivity contribution in [2.24, 2.45) is 0 Å². The molecular formula is C20H23F3N2O2. The maximum absolute atomic E-state index is 13.1. The van der Waals surface area contributed by atoms with Crippen LogP contribution in [0.15, 0.2) is 48.5 Å². The fourth-order valence-electron chi connectivity index (χ4n) is 2.59. The SMILES string of the molecule is CCOc1ccc(NC(=O)C(C)N(C)Cc2ccccc2C(F)(F)F)cc1. The van der Waals surface area contributed by atoms with Crippen LogP contribution in [0.2, 0.25) is 0 Å². The molecule has 2 aromatic carbocycles. The normalized spacial score (nSPS) is 12.7. The van der Waals surface area contributed by atoms with Crippen molar-refractivity contribution < 1.29 is 22.7 Å². The minimum atomic E-state index is -4.43. The molecule has 1 N–H and O–H groups in total. The van der Waals surface area contributed by atoms with E-state index in [-0.39, 0.29) is 18.0 Å². The summed E-state index contributed by atoms with van der Waals surface area (Å²) >= 11 is 0. The molecule has 146 valence electrons. The van der Waals surface area contributed by atoms with E-state index in [4.69, 9.17) is 4.74 Å². The summed E-state index contributed by atoms with van der Waals surface area (Å²) in [5.74, 6) is 0.399. The summed E-state index contributed by atoms with van der Waals surface area (Å²) in [7, 11) is 1.62. The number of rotatable bonds is 7. The van der Waals surface area contributed by atoms with Crippen molar-refractivity contribution in [3.05, 3.63) is 59.7 Å². The molecule has 0 fully saturated rings. The van der Waals surface area contributed by atoms with Crippen LogP contribution in [0.5, 0.6) is 5.75 Å². The van der Waals surface area contributed by atoms with Gasteiger partial charge in [-0.1, -0.05) is 18.2 Å². The van der Waals surface area contributed by atoms with Gasteiger partial charge in [0.2, 0.25) is 5.91 Å². The smallest absolute Gasteiger partial charge is 0.416 e. The first-order valence-electron chi connectivity index (χ1n) is 8.61. The van der Waals surface area contributed by atoms with Gasteiger partial charge in [-0.25, -0.2) is 0 Å². The highest BCUT2D eigenvalue weighted by Crippen LogP contribution is 2.32. The number of benzene rings is 2. The lowest BCUT2D eigenvalue weighted by atomic mass is 10.1. The topological polar surface area (TPSA) is 41.6 Å². The Morgan fingerprint density at radius 3 is 2.37 bits per heavy atom. The number of alkyl halides is 3. The molecule has 2 rings (SSSR count). The summed E-state index contributed by atoms with van der Waals surface area (Å²) in [6, 6.07) is 11.7. The van der Waals surface area contributed by atoms with Crippen molar-refractivity contribution in [2.45, 2.75) is 32.6 Å². The van der Waals surface area contributed by atoms with Gasteiger partial charge in [0, 0.05) is 12.2 Å². The lowest BCUT2D eigenvalue weighted by molar-refractivity contribution is -0.138. The summed E-state index contributed by atoms with van der Waals surface area (Å²) in [6.45, 7) is 4.09. The van der Waals surface area contributed by atoms with E-state index < -0.39 is 17.8 Å². The number of carbonyl (C=O) groups excluding carboxylic acids is 1. The maximum Gasteiger partial charge on any atom is 0.416 e. The Balaban J connectivity index is 2.02. The third-order valence-corrected chi connectivity index (χ3v) is 4.22. The van der Waals surface area contributed by atoms with Crippen molar-refractivity contribution in [3.63, 3.8) is 0 Å². The Hall–Kier alpha value is -2.54. The van der Waals surface area contributed by atoms with Crippen LogP contribution in [0.4, 0.5) is 18.9 Å². The molecule has 4 nitrogen and oxygen atoms in total. The molecule has 2 aromatic rings. The zero-order valence-corrected chi connectivity index (χ0v) is 15.5. The van der Waals surface area contributed by atoms with E-state index >= 15 is 0 Å². The summed E-state index contributed by atoms with van der Waals surface area (Å²) in [4.78, 5) is 14.0. The number of amides is 1. The first-order valence-corrected chi connectivity index (χ1v) is 8.61. The van der Waals surface area contributed by atoms with Crippen LogP contribution in [-0.2, 0) is 17.5 Å². The average Bonchev–Trinajstić information content (AvgIpc) is 2.62. The molecule has 1 atom stereocenters. The second kappa shape index (κ2) is 8.90. The van der Waals surface area contributed by atoms with Gasteiger partial charge in [-0.05, 0) is 56.8 Å². The van der Waals surface area contributed by atoms with E-state index in [1.165, 1.54) is 12.1 Å². The van der Waals surface area contributed by atoms with Crippen LogP contribution in [0, 0.1) is 0 Å². The zero-order valence-electron chi connectivity index (χ0n) is 15.5. The van der Waals surface area contributed by atoms with Crippen LogP contribution < -0.4 is 10.1 Å². The summed E-state index contributed by atoms with van der Waals surface area (Å²) < 4.78 is 44.7. The Morgan fingerprint density at radius 1 is 1.15 bits per heavy atom. The minimum absolute atomic E-state index is 0.00749. The lowest BCUT2D eigenvalue weighted by Gasteiger charge is -2.25. The molecule has 0 bridgehead atoms. The van der Waals surface area contributed by atoms with E-state index in [1.54, 1.807) is 49.2 Å². The molecule has 27 heavy (non-hydrogen) atoms. The van der Waals surface area contributed by atoms with E-state index in [2.05, 4.69) is 5.32 Å². The van der Waals surface area contributed by atoms with Crippen molar-refractivity contribution in [1.29, 1.82) is 0 Å². The highest BCUT2D eigenvalue weighted by molar-refractivity contribution is 5.94. The number of anilines is 1. The molecule has 0 heterocycles. The zero-order chi connectivity index (χ0) is 20.0. The molecule has 0 saturated heterocycles. The van der Waals surface area contributed by atoms with Crippen molar-refractivity contribution >= 4 is 11.6 Å². The lowest BCUT2D eigenvalue weighted by Crippen LogP contribution is -2.39. The fourth-order valence-corrected chi connectivity index (χ4v) is 2.59. The molecule has 0 spiro atoms.